The van der Waals surface area contributed by atoms with Gasteiger partial charge in [-0.05, 0) is 24.6 Å². The summed E-state index contributed by atoms with van der Waals surface area (Å²) in [5, 5.41) is 0. The van der Waals surface area contributed by atoms with E-state index in [0.717, 1.165) is 0 Å². The van der Waals surface area contributed by atoms with Crippen molar-refractivity contribution in [1.29, 1.82) is 0 Å². The fraction of sp³-hybridized carbons (Fsp3) is 0.500. The van der Waals surface area contributed by atoms with Gasteiger partial charge in [0.05, 0.1) is 7.11 Å². The summed E-state index contributed by atoms with van der Waals surface area (Å²) in [6.07, 6.45) is 0.690. The van der Waals surface area contributed by atoms with Crippen LogP contribution in [0.4, 0.5) is 8.78 Å². The Balaban J connectivity index is 2.13. The van der Waals surface area contributed by atoms with E-state index >= 15 is 0 Å². The summed E-state index contributed by atoms with van der Waals surface area (Å²) in [6, 6.07) is 4.10. The van der Waals surface area contributed by atoms with Crippen molar-refractivity contribution in [2.75, 3.05) is 33.3 Å². The van der Waals surface area contributed by atoms with Crippen LogP contribution in [0.3, 0.4) is 0 Å². The van der Waals surface area contributed by atoms with Gasteiger partial charge in [-0.3, -0.25) is 9.59 Å². The second-order valence-electron chi connectivity index (χ2n) is 5.40. The summed E-state index contributed by atoms with van der Waals surface area (Å²) >= 11 is 0. The predicted molar refractivity (Wildman–Crippen MR) is 82.4 cm³/mol. The lowest BCUT2D eigenvalue weighted by Gasteiger charge is -2.22. The largest absolute Gasteiger partial charge is 0.493 e. The zero-order chi connectivity index (χ0) is 17.7. The normalized spacial score (nSPS) is 15.2. The van der Waals surface area contributed by atoms with E-state index in [4.69, 9.17) is 4.74 Å². The van der Waals surface area contributed by atoms with Gasteiger partial charge in [0.2, 0.25) is 5.91 Å². The molecule has 1 saturated heterocycles. The van der Waals surface area contributed by atoms with Gasteiger partial charge in [0.25, 0.3) is 5.91 Å². The van der Waals surface area contributed by atoms with E-state index in [9.17, 15) is 18.4 Å². The lowest BCUT2D eigenvalue weighted by molar-refractivity contribution is -0.128. The molecular formula is C16H20F2N2O4. The number of hydrogen-bond donors (Lipinski definition) is 0. The highest BCUT2D eigenvalue weighted by Gasteiger charge is 2.22. The molecule has 1 aromatic rings. The van der Waals surface area contributed by atoms with E-state index in [0.29, 0.717) is 38.2 Å². The van der Waals surface area contributed by atoms with Crippen molar-refractivity contribution in [3.8, 4) is 11.5 Å². The first-order valence-corrected chi connectivity index (χ1v) is 7.60. The molecule has 0 spiro atoms. The number of carbonyl (C=O) groups is 2. The monoisotopic (exact) mass is 342 g/mol. The van der Waals surface area contributed by atoms with Gasteiger partial charge in [-0.15, -0.1) is 0 Å². The van der Waals surface area contributed by atoms with Crippen LogP contribution in [-0.2, 0) is 4.79 Å². The van der Waals surface area contributed by atoms with Crippen LogP contribution in [0.25, 0.3) is 0 Å². The number of halogens is 2. The summed E-state index contributed by atoms with van der Waals surface area (Å²) in [5.74, 6) is -0.300. The van der Waals surface area contributed by atoms with Crippen LogP contribution in [0, 0.1) is 0 Å². The average molecular weight is 342 g/mol. The van der Waals surface area contributed by atoms with Gasteiger partial charge in [-0.2, -0.15) is 8.78 Å². The number of rotatable bonds is 4. The zero-order valence-corrected chi connectivity index (χ0v) is 13.6. The Bertz CT molecular complexity index is 610. The molecular weight excluding hydrogens is 322 g/mol. The molecule has 1 heterocycles. The average Bonchev–Trinajstić information content (AvgIpc) is 2.80. The Labute approximate surface area is 138 Å². The van der Waals surface area contributed by atoms with E-state index in [1.165, 1.54) is 32.2 Å². The Hall–Kier alpha value is -2.38. The minimum absolute atomic E-state index is 0.0144. The van der Waals surface area contributed by atoms with E-state index in [-0.39, 0.29) is 23.3 Å². The fourth-order valence-electron chi connectivity index (χ4n) is 2.61. The van der Waals surface area contributed by atoms with E-state index in [1.807, 2.05) is 0 Å². The number of hydrogen-bond acceptors (Lipinski definition) is 4. The quantitative estimate of drug-likeness (QED) is 0.840. The van der Waals surface area contributed by atoms with Gasteiger partial charge in [0.1, 0.15) is 0 Å². The number of nitrogens with zero attached hydrogens (tertiary/aromatic N) is 2. The second-order valence-corrected chi connectivity index (χ2v) is 5.40. The Morgan fingerprint density at radius 3 is 2.38 bits per heavy atom. The molecule has 0 atom stereocenters. The van der Waals surface area contributed by atoms with Crippen molar-refractivity contribution in [1.82, 2.24) is 9.80 Å². The lowest BCUT2D eigenvalue weighted by Crippen LogP contribution is -2.36. The second kappa shape index (κ2) is 7.94. The minimum atomic E-state index is -2.97. The number of amides is 2. The molecule has 0 aromatic heterocycles. The van der Waals surface area contributed by atoms with E-state index in [2.05, 4.69) is 4.74 Å². The van der Waals surface area contributed by atoms with Gasteiger partial charge in [0.15, 0.2) is 11.5 Å². The van der Waals surface area contributed by atoms with Gasteiger partial charge < -0.3 is 19.3 Å². The molecule has 8 heteroatoms. The molecule has 0 bridgehead atoms. The van der Waals surface area contributed by atoms with Crippen molar-refractivity contribution in [2.45, 2.75) is 20.0 Å². The molecule has 0 saturated carbocycles. The third-order valence-electron chi connectivity index (χ3n) is 3.86. The molecule has 0 N–H and O–H groups in total. The molecule has 132 valence electrons. The smallest absolute Gasteiger partial charge is 0.387 e. The number of benzene rings is 1. The third-order valence-corrected chi connectivity index (χ3v) is 3.86. The minimum Gasteiger partial charge on any atom is -0.493 e. The van der Waals surface area contributed by atoms with Crippen LogP contribution in [0.1, 0.15) is 23.7 Å². The maximum Gasteiger partial charge on any atom is 0.387 e. The molecule has 2 rings (SSSR count). The number of alkyl halides is 2. The van der Waals surface area contributed by atoms with Crippen LogP contribution in [0.2, 0.25) is 0 Å². The predicted octanol–water partition coefficient (Wildman–Crippen LogP) is 1.99. The molecule has 0 radical (unpaired) electrons. The Kier molecular flexibility index (Phi) is 5.94. The Morgan fingerprint density at radius 2 is 1.75 bits per heavy atom. The topological polar surface area (TPSA) is 59.1 Å². The summed E-state index contributed by atoms with van der Waals surface area (Å²) in [4.78, 5) is 27.4. The third kappa shape index (κ3) is 4.33. The number of ether oxygens (including phenoxy) is 2. The molecule has 1 aliphatic heterocycles. The molecule has 0 aliphatic carbocycles. The number of methoxy groups -OCH3 is 1. The van der Waals surface area contributed by atoms with Crippen molar-refractivity contribution in [2.24, 2.45) is 0 Å². The van der Waals surface area contributed by atoms with Crippen LogP contribution < -0.4 is 9.47 Å². The molecule has 6 nitrogen and oxygen atoms in total. The van der Waals surface area contributed by atoms with Gasteiger partial charge in [-0.25, -0.2) is 0 Å². The molecule has 1 aromatic carbocycles. The SMILES string of the molecule is COc1cc(C(=O)N2CCCN(C(C)=O)CC2)ccc1OC(F)F. The van der Waals surface area contributed by atoms with Crippen molar-refractivity contribution in [3.63, 3.8) is 0 Å². The van der Waals surface area contributed by atoms with E-state index < -0.39 is 6.61 Å². The van der Waals surface area contributed by atoms with Crippen LogP contribution in [-0.4, -0.2) is 61.5 Å². The van der Waals surface area contributed by atoms with Crippen molar-refractivity contribution in [3.05, 3.63) is 23.8 Å². The molecule has 24 heavy (non-hydrogen) atoms. The van der Waals surface area contributed by atoms with Crippen molar-refractivity contribution >= 4 is 11.8 Å². The van der Waals surface area contributed by atoms with Crippen LogP contribution >= 0.6 is 0 Å². The van der Waals surface area contributed by atoms with Crippen LogP contribution in [0.15, 0.2) is 18.2 Å². The molecule has 0 unspecified atom stereocenters. The molecule has 2 amide bonds. The fourth-order valence-corrected chi connectivity index (χ4v) is 2.61. The summed E-state index contributed by atoms with van der Waals surface area (Å²) in [5.41, 5.74) is 0.324. The number of carbonyl (C=O) groups excluding carboxylic acids is 2. The molecule has 1 fully saturated rings. The highest BCUT2D eigenvalue weighted by Crippen LogP contribution is 2.30. The lowest BCUT2D eigenvalue weighted by atomic mass is 10.1. The zero-order valence-electron chi connectivity index (χ0n) is 13.6. The molecule has 1 aliphatic rings. The summed E-state index contributed by atoms with van der Waals surface area (Å²) in [6.45, 7) is 0.581. The van der Waals surface area contributed by atoms with Gasteiger partial charge >= 0.3 is 6.61 Å². The van der Waals surface area contributed by atoms with Gasteiger partial charge in [0, 0.05) is 38.7 Å². The van der Waals surface area contributed by atoms with Gasteiger partial charge in [-0.1, -0.05) is 0 Å². The van der Waals surface area contributed by atoms with Crippen molar-refractivity contribution < 1.29 is 27.8 Å². The standard InChI is InChI=1S/C16H20F2N2O4/c1-11(21)19-6-3-7-20(9-8-19)15(22)12-4-5-13(24-16(17)18)14(10-12)23-2/h4-5,10,16H,3,6-9H2,1-2H3. The Morgan fingerprint density at radius 1 is 1.08 bits per heavy atom. The highest BCUT2D eigenvalue weighted by molar-refractivity contribution is 5.95. The maximum absolute atomic E-state index is 12.6. The van der Waals surface area contributed by atoms with E-state index in [1.54, 1.807) is 9.80 Å². The summed E-state index contributed by atoms with van der Waals surface area (Å²) < 4.78 is 34.1. The highest BCUT2D eigenvalue weighted by atomic mass is 19.3. The first kappa shape index (κ1) is 18.0. The first-order chi connectivity index (χ1) is 11.4. The maximum atomic E-state index is 12.6. The van der Waals surface area contributed by atoms with Crippen LogP contribution in [0.5, 0.6) is 11.5 Å². The summed E-state index contributed by atoms with van der Waals surface area (Å²) in [7, 11) is 1.32. The first-order valence-electron chi connectivity index (χ1n) is 7.60.